The van der Waals surface area contributed by atoms with Gasteiger partial charge in [0, 0.05) is 31.7 Å². The predicted octanol–water partition coefficient (Wildman–Crippen LogP) is -0.673. The Morgan fingerprint density at radius 3 is 2.20 bits per heavy atom. The van der Waals surface area contributed by atoms with Crippen LogP contribution in [0, 0.1) is 0 Å². The molecule has 6 heteroatoms. The molecule has 0 saturated carbocycles. The Morgan fingerprint density at radius 1 is 0.867 bits per heavy atom. The molecular formula is C24H34N4O2+2. The lowest BCUT2D eigenvalue weighted by atomic mass is 10.2. The fraction of sp³-hybridized carbons (Fsp3) is 0.458. The lowest BCUT2D eigenvalue weighted by Crippen LogP contribution is -3.28. The van der Waals surface area contributed by atoms with Crippen molar-refractivity contribution in [2.45, 2.75) is 6.54 Å². The van der Waals surface area contributed by atoms with Gasteiger partial charge in [-0.15, -0.1) is 0 Å². The lowest BCUT2D eigenvalue weighted by molar-refractivity contribution is -1.02. The second-order valence-electron chi connectivity index (χ2n) is 8.38. The maximum atomic E-state index is 12.9. The van der Waals surface area contributed by atoms with Crippen molar-refractivity contribution in [1.82, 2.24) is 4.90 Å². The molecule has 1 amide bonds. The van der Waals surface area contributed by atoms with Crippen molar-refractivity contribution < 1.29 is 19.3 Å². The molecule has 2 saturated heterocycles. The van der Waals surface area contributed by atoms with Crippen molar-refractivity contribution in [1.29, 1.82) is 0 Å². The van der Waals surface area contributed by atoms with Gasteiger partial charge in [-0.1, -0.05) is 42.5 Å². The van der Waals surface area contributed by atoms with Crippen LogP contribution in [0.25, 0.3) is 0 Å². The van der Waals surface area contributed by atoms with E-state index in [1.165, 1.54) is 10.5 Å². The minimum Gasteiger partial charge on any atom is -0.495 e. The zero-order chi connectivity index (χ0) is 20.8. The molecule has 0 radical (unpaired) electrons. The molecule has 6 nitrogen and oxygen atoms in total. The van der Waals surface area contributed by atoms with Crippen LogP contribution in [0.1, 0.15) is 5.56 Å². The van der Waals surface area contributed by atoms with Gasteiger partial charge >= 0.3 is 0 Å². The molecule has 2 fully saturated rings. The number of hydrogen-bond donors (Lipinski definition) is 2. The minimum atomic E-state index is 0.302. The number of amides is 1. The summed E-state index contributed by atoms with van der Waals surface area (Å²) in [6.07, 6.45) is 0. The number of piperazine rings is 2. The molecule has 30 heavy (non-hydrogen) atoms. The van der Waals surface area contributed by atoms with E-state index in [9.17, 15) is 4.79 Å². The predicted molar refractivity (Wildman–Crippen MR) is 118 cm³/mol. The number of quaternary nitrogens is 2. The van der Waals surface area contributed by atoms with Gasteiger partial charge in [0.15, 0.2) is 6.54 Å². The molecule has 4 rings (SSSR count). The summed E-state index contributed by atoms with van der Waals surface area (Å²) in [4.78, 5) is 20.3. The van der Waals surface area contributed by atoms with Gasteiger partial charge < -0.3 is 24.3 Å². The molecule has 0 aromatic heterocycles. The molecule has 0 unspecified atom stereocenters. The molecule has 0 aliphatic carbocycles. The summed E-state index contributed by atoms with van der Waals surface area (Å²) in [5, 5.41) is 0. The highest BCUT2D eigenvalue weighted by atomic mass is 16.5. The van der Waals surface area contributed by atoms with E-state index in [4.69, 9.17) is 4.74 Å². The molecule has 2 aliphatic rings. The maximum Gasteiger partial charge on any atom is 0.277 e. The van der Waals surface area contributed by atoms with Crippen LogP contribution in [0.4, 0.5) is 5.69 Å². The molecule has 0 spiro atoms. The number of para-hydroxylation sites is 2. The van der Waals surface area contributed by atoms with E-state index in [-0.39, 0.29) is 0 Å². The van der Waals surface area contributed by atoms with Crippen LogP contribution < -0.4 is 19.4 Å². The Labute approximate surface area is 179 Å². The Hall–Kier alpha value is -2.57. The van der Waals surface area contributed by atoms with Crippen molar-refractivity contribution in [3.05, 3.63) is 60.2 Å². The fourth-order valence-electron chi connectivity index (χ4n) is 4.61. The summed E-state index contributed by atoms with van der Waals surface area (Å²) in [5.74, 6) is 1.20. The molecule has 2 aromatic rings. The minimum absolute atomic E-state index is 0.302. The second kappa shape index (κ2) is 9.96. The third-order valence-electron chi connectivity index (χ3n) is 6.42. The van der Waals surface area contributed by atoms with Crippen molar-refractivity contribution in [2.24, 2.45) is 0 Å². The Kier molecular flexibility index (Phi) is 6.87. The highest BCUT2D eigenvalue weighted by molar-refractivity contribution is 5.77. The quantitative estimate of drug-likeness (QED) is 0.664. The maximum absolute atomic E-state index is 12.9. The number of ether oxygens (including phenoxy) is 1. The summed E-state index contributed by atoms with van der Waals surface area (Å²) >= 11 is 0. The fourth-order valence-corrected chi connectivity index (χ4v) is 4.61. The third kappa shape index (κ3) is 5.12. The average molecular weight is 411 g/mol. The standard InChI is InChI=1S/C24H32N4O2/c1-30-23-10-6-5-9-22(23)27-15-17-28(18-16-27)24(29)20-26-13-11-25(12-14-26)19-21-7-3-2-4-8-21/h2-10H,11-20H2,1H3/p+2. The van der Waals surface area contributed by atoms with Crippen molar-refractivity contribution in [2.75, 3.05) is 70.9 Å². The van der Waals surface area contributed by atoms with E-state index >= 15 is 0 Å². The van der Waals surface area contributed by atoms with Gasteiger partial charge in [0.1, 0.15) is 38.5 Å². The zero-order valence-corrected chi connectivity index (χ0v) is 18.0. The normalized spacial score (nSPS) is 22.0. The number of methoxy groups -OCH3 is 1. The van der Waals surface area contributed by atoms with E-state index in [0.717, 1.165) is 70.3 Å². The van der Waals surface area contributed by atoms with E-state index < -0.39 is 0 Å². The highest BCUT2D eigenvalue weighted by Gasteiger charge is 2.29. The van der Waals surface area contributed by atoms with Crippen LogP contribution in [-0.2, 0) is 11.3 Å². The van der Waals surface area contributed by atoms with Gasteiger partial charge in [0.05, 0.1) is 12.8 Å². The molecule has 0 bridgehead atoms. The molecule has 0 atom stereocenters. The average Bonchev–Trinajstić information content (AvgIpc) is 2.81. The van der Waals surface area contributed by atoms with Gasteiger partial charge in [0.25, 0.3) is 5.91 Å². The Bertz CT molecular complexity index is 813. The first-order valence-corrected chi connectivity index (χ1v) is 11.1. The van der Waals surface area contributed by atoms with Crippen LogP contribution >= 0.6 is 0 Å². The van der Waals surface area contributed by atoms with Crippen molar-refractivity contribution >= 4 is 11.6 Å². The van der Waals surface area contributed by atoms with Crippen LogP contribution in [0.2, 0.25) is 0 Å². The summed E-state index contributed by atoms with van der Waals surface area (Å²) < 4.78 is 5.49. The van der Waals surface area contributed by atoms with Gasteiger partial charge in [-0.25, -0.2) is 0 Å². The second-order valence-corrected chi connectivity index (χ2v) is 8.38. The van der Waals surface area contributed by atoms with Crippen LogP contribution in [-0.4, -0.2) is 76.8 Å². The van der Waals surface area contributed by atoms with Gasteiger partial charge in [-0.3, -0.25) is 4.79 Å². The van der Waals surface area contributed by atoms with E-state index in [0.29, 0.717) is 12.5 Å². The van der Waals surface area contributed by atoms with E-state index in [2.05, 4.69) is 41.3 Å². The number of anilines is 1. The van der Waals surface area contributed by atoms with E-state index in [1.807, 2.05) is 23.1 Å². The molecular weight excluding hydrogens is 376 g/mol. The monoisotopic (exact) mass is 410 g/mol. The van der Waals surface area contributed by atoms with Gasteiger partial charge in [-0.05, 0) is 12.1 Å². The third-order valence-corrected chi connectivity index (χ3v) is 6.42. The number of carbonyl (C=O) groups is 1. The zero-order valence-electron chi connectivity index (χ0n) is 18.0. The van der Waals surface area contributed by atoms with Gasteiger partial charge in [-0.2, -0.15) is 0 Å². The number of rotatable bonds is 6. The topological polar surface area (TPSA) is 41.7 Å². The molecule has 2 heterocycles. The first-order valence-electron chi connectivity index (χ1n) is 11.1. The number of nitrogens with zero attached hydrogens (tertiary/aromatic N) is 2. The molecule has 2 aliphatic heterocycles. The SMILES string of the molecule is COc1ccccc1N1CCN(C(=O)C[NH+]2CC[NH+](Cc3ccccc3)CC2)CC1. The van der Waals surface area contributed by atoms with Crippen molar-refractivity contribution in [3.8, 4) is 5.75 Å². The molecule has 160 valence electrons. The van der Waals surface area contributed by atoms with Crippen LogP contribution in [0.5, 0.6) is 5.75 Å². The first kappa shape index (κ1) is 20.7. The summed E-state index contributed by atoms with van der Waals surface area (Å²) in [6, 6.07) is 18.8. The molecule has 2 aromatic carbocycles. The lowest BCUT2D eigenvalue weighted by Gasteiger charge is -2.37. The van der Waals surface area contributed by atoms with Crippen LogP contribution in [0.3, 0.4) is 0 Å². The van der Waals surface area contributed by atoms with E-state index in [1.54, 1.807) is 12.0 Å². The summed E-state index contributed by atoms with van der Waals surface area (Å²) in [6.45, 7) is 9.45. The summed E-state index contributed by atoms with van der Waals surface area (Å²) in [7, 11) is 1.71. The number of carbonyl (C=O) groups excluding carboxylic acids is 1. The summed E-state index contributed by atoms with van der Waals surface area (Å²) in [5.41, 5.74) is 2.52. The largest absolute Gasteiger partial charge is 0.495 e. The Balaban J connectivity index is 1.21. The molecule has 2 N–H and O–H groups in total. The highest BCUT2D eigenvalue weighted by Crippen LogP contribution is 2.28. The van der Waals surface area contributed by atoms with Crippen LogP contribution in [0.15, 0.2) is 54.6 Å². The van der Waals surface area contributed by atoms with Crippen molar-refractivity contribution in [3.63, 3.8) is 0 Å². The smallest absolute Gasteiger partial charge is 0.277 e. The van der Waals surface area contributed by atoms with Gasteiger partial charge in [0.2, 0.25) is 0 Å². The first-order chi connectivity index (χ1) is 14.7. The number of benzene rings is 2. The number of hydrogen-bond acceptors (Lipinski definition) is 3. The Morgan fingerprint density at radius 2 is 1.50 bits per heavy atom. The number of nitrogens with one attached hydrogen (secondary N) is 2.